The molecule has 1 saturated heterocycles. The van der Waals surface area contributed by atoms with Crippen LogP contribution in [0.4, 0.5) is 0 Å². The smallest absolute Gasteiger partial charge is 0.317 e. The van der Waals surface area contributed by atoms with Gasteiger partial charge in [0.15, 0.2) is 0 Å². The van der Waals surface area contributed by atoms with Gasteiger partial charge in [-0.05, 0) is 37.7 Å². The predicted octanol–water partition coefficient (Wildman–Crippen LogP) is 3.46. The van der Waals surface area contributed by atoms with Gasteiger partial charge in [0.25, 0.3) is 0 Å². The first kappa shape index (κ1) is 22.0. The summed E-state index contributed by atoms with van der Waals surface area (Å²) in [4.78, 5) is 12.8. The number of halogens is 2. The van der Waals surface area contributed by atoms with Gasteiger partial charge in [0.2, 0.25) is 0 Å². The lowest BCUT2D eigenvalue weighted by atomic mass is 10.0. The van der Waals surface area contributed by atoms with Gasteiger partial charge in [-0.3, -0.25) is 9.69 Å². The molecule has 140 valence electrons. The van der Waals surface area contributed by atoms with Crippen molar-refractivity contribution in [1.82, 2.24) is 10.2 Å². The summed E-state index contributed by atoms with van der Waals surface area (Å²) in [7, 11) is 0. The van der Waals surface area contributed by atoms with Crippen LogP contribution in [0.2, 0.25) is 0 Å². The van der Waals surface area contributed by atoms with E-state index in [0.29, 0.717) is 18.0 Å². The van der Waals surface area contributed by atoms with Crippen molar-refractivity contribution in [2.75, 3.05) is 19.6 Å². The lowest BCUT2D eigenvalue weighted by Gasteiger charge is -2.31. The molecule has 4 nitrogen and oxygen atoms in total. The Kier molecular flexibility index (Phi) is 8.94. The molecule has 2 N–H and O–H groups in total. The predicted molar refractivity (Wildman–Crippen MR) is 107 cm³/mol. The molecule has 1 heterocycles. The number of piperidine rings is 1. The van der Waals surface area contributed by atoms with Crippen molar-refractivity contribution in [2.24, 2.45) is 5.92 Å². The van der Waals surface area contributed by atoms with Crippen LogP contribution < -0.4 is 5.32 Å². The number of rotatable bonds is 6. The first-order valence-corrected chi connectivity index (χ1v) is 8.55. The normalized spacial score (nSPS) is 24.1. The average molecular weight is 387 g/mol. The van der Waals surface area contributed by atoms with Gasteiger partial charge in [-0.15, -0.1) is 24.8 Å². The molecule has 1 aromatic carbocycles. The minimum Gasteiger partial charge on any atom is -0.480 e. The number of nitrogens with one attached hydrogen (secondary N) is 1. The van der Waals surface area contributed by atoms with E-state index in [-0.39, 0.29) is 31.4 Å². The quantitative estimate of drug-likeness (QED) is 0.785. The molecule has 1 aliphatic heterocycles. The Morgan fingerprint density at radius 1 is 1.24 bits per heavy atom. The lowest BCUT2D eigenvalue weighted by molar-refractivity contribution is -0.138. The fourth-order valence-electron chi connectivity index (χ4n) is 3.55. The molecule has 0 spiro atoms. The van der Waals surface area contributed by atoms with E-state index >= 15 is 0 Å². The number of nitrogens with zero attached hydrogens (tertiary/aromatic N) is 1. The van der Waals surface area contributed by atoms with Crippen molar-refractivity contribution >= 4 is 36.9 Å². The molecule has 0 aromatic heterocycles. The van der Waals surface area contributed by atoms with E-state index < -0.39 is 5.97 Å². The summed E-state index contributed by atoms with van der Waals surface area (Å²) in [5.41, 5.74) is 2.73. The second-order valence-electron chi connectivity index (χ2n) is 6.86. The van der Waals surface area contributed by atoms with Gasteiger partial charge in [0.1, 0.15) is 0 Å². The molecule has 2 atom stereocenters. The van der Waals surface area contributed by atoms with Gasteiger partial charge in [-0.2, -0.15) is 0 Å². The van der Waals surface area contributed by atoms with Crippen LogP contribution in [0.25, 0.3) is 6.08 Å². The van der Waals surface area contributed by atoms with Crippen LogP contribution in [0, 0.1) is 5.92 Å². The SMILES string of the molecule is CC(=Cc1ccccc1)[C@@H]1C[C@H]1NC1CCN(CC(=O)O)CC1.Cl.Cl. The van der Waals surface area contributed by atoms with Crippen molar-refractivity contribution in [3.05, 3.63) is 41.5 Å². The molecular weight excluding hydrogens is 359 g/mol. The zero-order valence-corrected chi connectivity index (χ0v) is 16.2. The standard InChI is InChI=1S/C19H26N2O2.2ClH/c1-14(11-15-5-3-2-4-6-15)17-12-18(17)20-16-7-9-21(10-8-16)13-19(22)23;;/h2-6,11,16-18,20H,7-10,12-13H2,1H3,(H,22,23);2*1H/t17-,18+;;/m0../s1. The zero-order valence-electron chi connectivity index (χ0n) is 14.6. The number of hydrogen-bond donors (Lipinski definition) is 2. The monoisotopic (exact) mass is 386 g/mol. The van der Waals surface area contributed by atoms with Crippen LogP contribution in [-0.2, 0) is 4.79 Å². The Bertz CT molecular complexity index is 572. The van der Waals surface area contributed by atoms with Gasteiger partial charge < -0.3 is 10.4 Å². The van der Waals surface area contributed by atoms with E-state index in [1.54, 1.807) is 0 Å². The van der Waals surface area contributed by atoms with E-state index in [1.807, 2.05) is 11.0 Å². The molecule has 1 aromatic rings. The Labute approximate surface area is 162 Å². The molecule has 2 aliphatic rings. The van der Waals surface area contributed by atoms with Crippen LogP contribution in [0.5, 0.6) is 0 Å². The summed E-state index contributed by atoms with van der Waals surface area (Å²) in [6, 6.07) is 11.6. The van der Waals surface area contributed by atoms with Crippen LogP contribution in [0.3, 0.4) is 0 Å². The molecule has 0 bridgehead atoms. The van der Waals surface area contributed by atoms with Crippen molar-refractivity contribution in [2.45, 2.75) is 38.3 Å². The molecular formula is C19H28Cl2N2O2. The van der Waals surface area contributed by atoms with E-state index in [9.17, 15) is 4.79 Å². The van der Waals surface area contributed by atoms with Gasteiger partial charge in [0, 0.05) is 25.2 Å². The summed E-state index contributed by atoms with van der Waals surface area (Å²) >= 11 is 0. The van der Waals surface area contributed by atoms with Crippen LogP contribution in [0.15, 0.2) is 35.9 Å². The van der Waals surface area contributed by atoms with Gasteiger partial charge in [-0.25, -0.2) is 0 Å². The molecule has 2 fully saturated rings. The molecule has 0 radical (unpaired) electrons. The lowest BCUT2D eigenvalue weighted by Crippen LogP contribution is -2.45. The largest absolute Gasteiger partial charge is 0.480 e. The number of carboxylic acid groups (broad SMARTS) is 1. The summed E-state index contributed by atoms with van der Waals surface area (Å²) in [6.07, 6.45) is 5.63. The van der Waals surface area contributed by atoms with Crippen LogP contribution in [-0.4, -0.2) is 47.7 Å². The van der Waals surface area contributed by atoms with Crippen LogP contribution in [0.1, 0.15) is 31.7 Å². The first-order chi connectivity index (χ1) is 11.1. The Morgan fingerprint density at radius 3 is 2.48 bits per heavy atom. The number of aliphatic carboxylic acids is 1. The summed E-state index contributed by atoms with van der Waals surface area (Å²) < 4.78 is 0. The van der Waals surface area contributed by atoms with E-state index in [2.05, 4.69) is 42.6 Å². The minimum atomic E-state index is -0.722. The van der Waals surface area contributed by atoms with E-state index in [1.165, 1.54) is 17.6 Å². The molecule has 6 heteroatoms. The maximum atomic E-state index is 10.7. The number of hydrogen-bond acceptors (Lipinski definition) is 3. The van der Waals surface area contributed by atoms with Gasteiger partial charge >= 0.3 is 5.97 Å². The molecule has 1 saturated carbocycles. The molecule has 0 unspecified atom stereocenters. The van der Waals surface area contributed by atoms with E-state index in [4.69, 9.17) is 5.11 Å². The third-order valence-corrected chi connectivity index (χ3v) is 4.97. The molecule has 3 rings (SSSR count). The highest BCUT2D eigenvalue weighted by atomic mass is 35.5. The van der Waals surface area contributed by atoms with Crippen molar-refractivity contribution in [3.63, 3.8) is 0 Å². The molecule has 1 aliphatic carbocycles. The Balaban J connectivity index is 0.00000156. The highest BCUT2D eigenvalue weighted by molar-refractivity contribution is 5.85. The highest BCUT2D eigenvalue weighted by Crippen LogP contribution is 2.38. The first-order valence-electron chi connectivity index (χ1n) is 8.55. The third-order valence-electron chi connectivity index (χ3n) is 4.97. The Morgan fingerprint density at radius 2 is 1.88 bits per heavy atom. The zero-order chi connectivity index (χ0) is 16.2. The second kappa shape index (κ2) is 10.2. The molecule has 25 heavy (non-hydrogen) atoms. The van der Waals surface area contributed by atoms with Gasteiger partial charge in [0.05, 0.1) is 6.54 Å². The fraction of sp³-hybridized carbons (Fsp3) is 0.526. The minimum absolute atomic E-state index is 0. The highest BCUT2D eigenvalue weighted by Gasteiger charge is 2.39. The second-order valence-corrected chi connectivity index (χ2v) is 6.86. The number of carbonyl (C=O) groups is 1. The summed E-state index contributed by atoms with van der Waals surface area (Å²) in [6.45, 7) is 4.19. The Hall–Kier alpha value is -1.07. The maximum Gasteiger partial charge on any atom is 0.317 e. The number of benzene rings is 1. The summed E-state index contributed by atoms with van der Waals surface area (Å²) in [5, 5.41) is 12.6. The fourth-order valence-corrected chi connectivity index (χ4v) is 3.55. The third kappa shape index (κ3) is 6.63. The topological polar surface area (TPSA) is 52.6 Å². The maximum absolute atomic E-state index is 10.7. The summed E-state index contributed by atoms with van der Waals surface area (Å²) in [5.74, 6) is -0.0624. The molecule has 0 amide bonds. The van der Waals surface area contributed by atoms with Crippen molar-refractivity contribution < 1.29 is 9.90 Å². The number of carboxylic acids is 1. The average Bonchev–Trinajstić information content (AvgIpc) is 3.29. The number of likely N-dealkylation sites (tertiary alicyclic amines) is 1. The van der Waals surface area contributed by atoms with Gasteiger partial charge in [-0.1, -0.05) is 42.0 Å². The van der Waals surface area contributed by atoms with E-state index in [0.717, 1.165) is 25.9 Å². The van der Waals surface area contributed by atoms with Crippen molar-refractivity contribution in [3.8, 4) is 0 Å². The van der Waals surface area contributed by atoms with Crippen LogP contribution >= 0.6 is 24.8 Å². The van der Waals surface area contributed by atoms with Crippen molar-refractivity contribution in [1.29, 1.82) is 0 Å².